The molecule has 0 radical (unpaired) electrons. The second-order valence-electron chi connectivity index (χ2n) is 8.47. The SMILES string of the molecule is Cc1nn(C2CC(C#N)C2)cc1Nc1ncc(Cl)c(OCC2CCC(C)CC2)n1. The highest BCUT2D eigenvalue weighted by Gasteiger charge is 2.31. The van der Waals surface area contributed by atoms with Crippen molar-refractivity contribution in [2.75, 3.05) is 11.9 Å². The topological polar surface area (TPSA) is 88.7 Å². The molecule has 2 fully saturated rings. The number of nitriles is 1. The number of hydrogen-bond acceptors (Lipinski definition) is 6. The number of aromatic nitrogens is 4. The number of ether oxygens (including phenoxy) is 1. The molecule has 2 aliphatic rings. The molecule has 0 atom stereocenters. The number of halogens is 1. The van der Waals surface area contributed by atoms with Crippen LogP contribution >= 0.6 is 11.6 Å². The molecule has 0 unspecified atom stereocenters. The molecule has 154 valence electrons. The number of aryl methyl sites for hydroxylation is 1. The Bertz CT molecular complexity index is 893. The number of nitrogens with zero attached hydrogens (tertiary/aromatic N) is 5. The van der Waals surface area contributed by atoms with Crippen LogP contribution < -0.4 is 10.1 Å². The minimum Gasteiger partial charge on any atom is -0.476 e. The summed E-state index contributed by atoms with van der Waals surface area (Å²) in [4.78, 5) is 8.74. The molecule has 2 aliphatic carbocycles. The lowest BCUT2D eigenvalue weighted by Gasteiger charge is -2.30. The molecule has 7 nitrogen and oxygen atoms in total. The average Bonchev–Trinajstić information content (AvgIpc) is 3.02. The summed E-state index contributed by atoms with van der Waals surface area (Å²) in [6, 6.07) is 2.60. The fraction of sp³-hybridized carbons (Fsp3) is 0.619. The number of nitrogens with one attached hydrogen (secondary N) is 1. The predicted octanol–water partition coefficient (Wildman–Crippen LogP) is 5.06. The van der Waals surface area contributed by atoms with Crippen molar-refractivity contribution in [3.63, 3.8) is 0 Å². The van der Waals surface area contributed by atoms with Crippen LogP contribution in [0.3, 0.4) is 0 Å². The van der Waals surface area contributed by atoms with Gasteiger partial charge in [0.25, 0.3) is 0 Å². The van der Waals surface area contributed by atoms with Crippen LogP contribution in [0.2, 0.25) is 5.02 Å². The van der Waals surface area contributed by atoms with Gasteiger partial charge in [-0.05, 0) is 44.4 Å². The molecule has 0 aromatic carbocycles. The zero-order valence-corrected chi connectivity index (χ0v) is 17.7. The van der Waals surface area contributed by atoms with Crippen molar-refractivity contribution in [1.29, 1.82) is 5.26 Å². The molecular weight excluding hydrogens is 388 g/mol. The normalized spacial score (nSPS) is 26.4. The van der Waals surface area contributed by atoms with Gasteiger partial charge in [-0.3, -0.25) is 4.68 Å². The first kappa shape index (κ1) is 20.0. The van der Waals surface area contributed by atoms with Crippen LogP contribution in [-0.4, -0.2) is 26.4 Å². The Morgan fingerprint density at radius 3 is 2.79 bits per heavy atom. The standard InChI is InChI=1S/C21H27ClN6O/c1-13-3-5-15(6-4-13)12-29-20-18(22)10-24-21(26-20)25-19-11-28(27-14(19)2)17-7-16(8-17)9-23/h10-11,13,15-17H,3-8,12H2,1-2H3,(H,24,25,26). The Morgan fingerprint density at radius 2 is 2.07 bits per heavy atom. The van der Waals surface area contributed by atoms with E-state index in [1.54, 1.807) is 6.20 Å². The fourth-order valence-corrected chi connectivity index (χ4v) is 4.17. The smallest absolute Gasteiger partial charge is 0.237 e. The maximum Gasteiger partial charge on any atom is 0.237 e. The third-order valence-corrected chi connectivity index (χ3v) is 6.40. The maximum atomic E-state index is 8.96. The van der Waals surface area contributed by atoms with Crippen molar-refractivity contribution < 1.29 is 4.74 Å². The van der Waals surface area contributed by atoms with E-state index in [1.165, 1.54) is 25.7 Å². The van der Waals surface area contributed by atoms with Gasteiger partial charge >= 0.3 is 0 Å². The van der Waals surface area contributed by atoms with Crippen molar-refractivity contribution in [2.45, 2.75) is 58.4 Å². The molecule has 2 saturated carbocycles. The summed E-state index contributed by atoms with van der Waals surface area (Å²) < 4.78 is 7.87. The first-order chi connectivity index (χ1) is 14.0. The van der Waals surface area contributed by atoms with Crippen molar-refractivity contribution in [3.8, 4) is 11.9 Å². The van der Waals surface area contributed by atoms with Gasteiger partial charge < -0.3 is 10.1 Å². The molecule has 1 N–H and O–H groups in total. The van der Waals surface area contributed by atoms with E-state index in [1.807, 2.05) is 17.8 Å². The molecule has 8 heteroatoms. The summed E-state index contributed by atoms with van der Waals surface area (Å²) in [6.07, 6.45) is 10.1. The van der Waals surface area contributed by atoms with E-state index in [9.17, 15) is 0 Å². The minimum absolute atomic E-state index is 0.146. The molecule has 2 aromatic rings. The van der Waals surface area contributed by atoms with E-state index < -0.39 is 0 Å². The summed E-state index contributed by atoms with van der Waals surface area (Å²) in [5.74, 6) is 2.39. The summed E-state index contributed by atoms with van der Waals surface area (Å²) in [5.41, 5.74) is 1.71. The van der Waals surface area contributed by atoms with Gasteiger partial charge in [0, 0.05) is 6.20 Å². The van der Waals surface area contributed by atoms with Crippen LogP contribution in [0.15, 0.2) is 12.4 Å². The highest BCUT2D eigenvalue weighted by molar-refractivity contribution is 6.31. The van der Waals surface area contributed by atoms with Crippen LogP contribution in [0, 0.1) is 36.0 Å². The van der Waals surface area contributed by atoms with Gasteiger partial charge in [-0.2, -0.15) is 15.3 Å². The Balaban J connectivity index is 1.39. The number of anilines is 2. The lowest BCUT2D eigenvalue weighted by atomic mass is 9.81. The molecule has 2 aromatic heterocycles. The lowest BCUT2D eigenvalue weighted by molar-refractivity contribution is 0.183. The van der Waals surface area contributed by atoms with Crippen LogP contribution in [0.5, 0.6) is 5.88 Å². The van der Waals surface area contributed by atoms with Gasteiger partial charge in [-0.25, -0.2) is 4.98 Å². The van der Waals surface area contributed by atoms with Crippen LogP contribution in [0.25, 0.3) is 0 Å². The third kappa shape index (κ3) is 4.64. The Morgan fingerprint density at radius 1 is 1.31 bits per heavy atom. The van der Waals surface area contributed by atoms with Gasteiger partial charge in [-0.1, -0.05) is 31.4 Å². The first-order valence-corrected chi connectivity index (χ1v) is 10.8. The van der Waals surface area contributed by atoms with Gasteiger partial charge in [0.1, 0.15) is 5.02 Å². The Labute approximate surface area is 176 Å². The average molecular weight is 415 g/mol. The van der Waals surface area contributed by atoms with Crippen LogP contribution in [0.4, 0.5) is 11.6 Å². The van der Waals surface area contributed by atoms with E-state index in [0.717, 1.165) is 30.1 Å². The van der Waals surface area contributed by atoms with E-state index in [-0.39, 0.29) is 12.0 Å². The molecule has 0 saturated heterocycles. The summed E-state index contributed by atoms with van der Waals surface area (Å²) in [6.45, 7) is 4.89. The van der Waals surface area contributed by atoms with E-state index in [2.05, 4.69) is 33.4 Å². The minimum atomic E-state index is 0.146. The number of hydrogen-bond donors (Lipinski definition) is 1. The van der Waals surface area contributed by atoms with Crippen molar-refractivity contribution in [3.05, 3.63) is 23.1 Å². The predicted molar refractivity (Wildman–Crippen MR) is 111 cm³/mol. The highest BCUT2D eigenvalue weighted by atomic mass is 35.5. The van der Waals surface area contributed by atoms with Crippen LogP contribution in [-0.2, 0) is 0 Å². The Kier molecular flexibility index (Phi) is 5.91. The summed E-state index contributed by atoms with van der Waals surface area (Å²) >= 11 is 6.25. The lowest BCUT2D eigenvalue weighted by Crippen LogP contribution is -2.26. The first-order valence-electron chi connectivity index (χ1n) is 10.4. The highest BCUT2D eigenvalue weighted by Crippen LogP contribution is 2.38. The molecule has 29 heavy (non-hydrogen) atoms. The quantitative estimate of drug-likeness (QED) is 0.710. The molecule has 2 heterocycles. The van der Waals surface area contributed by atoms with Crippen molar-refractivity contribution >= 4 is 23.2 Å². The van der Waals surface area contributed by atoms with Gasteiger partial charge in [0.2, 0.25) is 11.8 Å². The largest absolute Gasteiger partial charge is 0.476 e. The van der Waals surface area contributed by atoms with E-state index in [4.69, 9.17) is 21.6 Å². The summed E-state index contributed by atoms with van der Waals surface area (Å²) in [7, 11) is 0. The molecular formula is C21H27ClN6O. The van der Waals surface area contributed by atoms with E-state index in [0.29, 0.717) is 29.4 Å². The van der Waals surface area contributed by atoms with Crippen molar-refractivity contribution in [2.24, 2.45) is 17.8 Å². The molecule has 0 amide bonds. The second-order valence-corrected chi connectivity index (χ2v) is 8.88. The third-order valence-electron chi connectivity index (χ3n) is 6.14. The molecule has 4 rings (SSSR count). The fourth-order valence-electron chi connectivity index (χ4n) is 4.03. The maximum absolute atomic E-state index is 8.96. The second kappa shape index (κ2) is 8.58. The summed E-state index contributed by atoms with van der Waals surface area (Å²) in [5, 5.41) is 17.2. The van der Waals surface area contributed by atoms with Crippen LogP contribution in [0.1, 0.15) is 57.2 Å². The van der Waals surface area contributed by atoms with Gasteiger partial charge in [-0.15, -0.1) is 0 Å². The van der Waals surface area contributed by atoms with Gasteiger partial charge in [0.15, 0.2) is 0 Å². The molecule has 0 aliphatic heterocycles. The number of rotatable bonds is 6. The molecule has 0 bridgehead atoms. The Hall–Kier alpha value is -2.33. The molecule has 0 spiro atoms. The van der Waals surface area contributed by atoms with Gasteiger partial charge in [0.05, 0.1) is 42.2 Å². The monoisotopic (exact) mass is 414 g/mol. The van der Waals surface area contributed by atoms with E-state index >= 15 is 0 Å². The zero-order valence-electron chi connectivity index (χ0n) is 16.9. The zero-order chi connectivity index (χ0) is 20.4. The van der Waals surface area contributed by atoms with Crippen molar-refractivity contribution in [1.82, 2.24) is 19.7 Å².